The molecule has 0 radical (unpaired) electrons. The molecule has 4 heterocycles. The maximum Gasteiger partial charge on any atom is 0.267 e. The van der Waals surface area contributed by atoms with Crippen LogP contribution in [0.4, 0.5) is 5.82 Å². The summed E-state index contributed by atoms with van der Waals surface area (Å²) >= 11 is 0. The number of aromatic nitrogens is 2. The summed E-state index contributed by atoms with van der Waals surface area (Å²) in [7, 11) is 0. The molecule has 33 heavy (non-hydrogen) atoms. The molecule has 174 valence electrons. The highest BCUT2D eigenvalue weighted by molar-refractivity contribution is 6.02. The van der Waals surface area contributed by atoms with Crippen LogP contribution in [0, 0.1) is 18.3 Å². The Morgan fingerprint density at radius 2 is 2.12 bits per heavy atom. The van der Waals surface area contributed by atoms with E-state index in [4.69, 9.17) is 14.5 Å². The zero-order valence-electron chi connectivity index (χ0n) is 19.2. The predicted molar refractivity (Wildman–Crippen MR) is 124 cm³/mol. The van der Waals surface area contributed by atoms with Crippen molar-refractivity contribution in [2.24, 2.45) is 0 Å². The molecule has 3 atom stereocenters. The molecule has 2 aliphatic heterocycles. The number of nitrogens with one attached hydrogen (secondary N) is 1. The number of pyridine rings is 1. The van der Waals surface area contributed by atoms with Gasteiger partial charge in [-0.1, -0.05) is 6.07 Å². The molecule has 0 aromatic carbocycles. The van der Waals surface area contributed by atoms with Crippen molar-refractivity contribution in [3.63, 3.8) is 0 Å². The number of carbonyl (C=O) groups excluding carboxylic acids is 1. The van der Waals surface area contributed by atoms with E-state index in [0.717, 1.165) is 18.4 Å². The monoisotopic (exact) mass is 451 g/mol. The van der Waals surface area contributed by atoms with Crippen molar-refractivity contribution in [2.75, 3.05) is 31.1 Å². The molecule has 0 spiro atoms. The average molecular weight is 452 g/mol. The summed E-state index contributed by atoms with van der Waals surface area (Å²) in [5.41, 5.74) is 1.14. The van der Waals surface area contributed by atoms with Gasteiger partial charge in [0.2, 0.25) is 0 Å². The van der Waals surface area contributed by atoms with E-state index in [1.807, 2.05) is 37.8 Å². The first-order valence-electron chi connectivity index (χ1n) is 11.3. The zero-order chi connectivity index (χ0) is 23.5. The van der Waals surface area contributed by atoms with Gasteiger partial charge in [0.05, 0.1) is 23.9 Å². The third kappa shape index (κ3) is 4.92. The van der Waals surface area contributed by atoms with Gasteiger partial charge in [0, 0.05) is 32.4 Å². The van der Waals surface area contributed by atoms with Crippen molar-refractivity contribution in [3.05, 3.63) is 45.4 Å². The van der Waals surface area contributed by atoms with E-state index >= 15 is 0 Å². The first kappa shape index (κ1) is 23.0. The minimum atomic E-state index is -0.531. The number of nitriles is 1. The van der Waals surface area contributed by atoms with Crippen LogP contribution < -0.4 is 15.8 Å². The maximum atomic E-state index is 13.5. The lowest BCUT2D eigenvalue weighted by molar-refractivity contribution is -0.117. The number of carbonyl (C=O) groups is 1. The first-order valence-corrected chi connectivity index (χ1v) is 11.3. The van der Waals surface area contributed by atoms with Gasteiger partial charge in [-0.3, -0.25) is 14.0 Å². The van der Waals surface area contributed by atoms with Gasteiger partial charge in [-0.15, -0.1) is 0 Å². The molecule has 1 amide bonds. The van der Waals surface area contributed by atoms with Crippen molar-refractivity contribution in [3.8, 4) is 6.07 Å². The summed E-state index contributed by atoms with van der Waals surface area (Å²) in [5.74, 6) is -0.0765. The maximum absolute atomic E-state index is 13.5. The lowest BCUT2D eigenvalue weighted by atomic mass is 10.1. The van der Waals surface area contributed by atoms with Crippen molar-refractivity contribution in [1.29, 1.82) is 5.26 Å². The van der Waals surface area contributed by atoms with Gasteiger partial charge in [0.15, 0.2) is 0 Å². The second kappa shape index (κ2) is 9.73. The van der Waals surface area contributed by atoms with Crippen LogP contribution in [0.2, 0.25) is 0 Å². The highest BCUT2D eigenvalue weighted by atomic mass is 16.5. The number of hydrogen-bond donors (Lipinski definition) is 1. The molecular formula is C24H29N5O4. The Balaban J connectivity index is 1.77. The topological polar surface area (TPSA) is 109 Å². The molecule has 0 aliphatic carbocycles. The van der Waals surface area contributed by atoms with E-state index in [-0.39, 0.29) is 35.0 Å². The van der Waals surface area contributed by atoms with Crippen LogP contribution in [0.15, 0.2) is 28.7 Å². The van der Waals surface area contributed by atoms with Gasteiger partial charge < -0.3 is 19.7 Å². The van der Waals surface area contributed by atoms with Crippen molar-refractivity contribution < 1.29 is 14.3 Å². The quantitative estimate of drug-likeness (QED) is 0.546. The SMILES string of the molecule is Cc1cccn2c(=O)c(/C=C(\C#N)C(=O)NC[C@@H]3CCCO3)c(N3C[C@@H](C)O[C@H](C)C3)nc12. The van der Waals surface area contributed by atoms with E-state index < -0.39 is 5.91 Å². The van der Waals surface area contributed by atoms with Crippen molar-refractivity contribution in [1.82, 2.24) is 14.7 Å². The number of morpholine rings is 1. The van der Waals surface area contributed by atoms with E-state index in [2.05, 4.69) is 5.32 Å². The highest BCUT2D eigenvalue weighted by Gasteiger charge is 2.27. The molecule has 2 fully saturated rings. The molecule has 0 unspecified atom stereocenters. The van der Waals surface area contributed by atoms with Crippen LogP contribution in [-0.4, -0.2) is 59.8 Å². The van der Waals surface area contributed by atoms with E-state index in [1.54, 1.807) is 12.3 Å². The molecule has 0 saturated carbocycles. The zero-order valence-corrected chi connectivity index (χ0v) is 19.2. The second-order valence-corrected chi connectivity index (χ2v) is 8.72. The molecule has 2 saturated heterocycles. The minimum Gasteiger partial charge on any atom is -0.376 e. The van der Waals surface area contributed by atoms with Crippen LogP contribution in [0.5, 0.6) is 0 Å². The number of anilines is 1. The Bertz CT molecular complexity index is 1170. The lowest BCUT2D eigenvalue weighted by Gasteiger charge is -2.36. The first-order chi connectivity index (χ1) is 15.9. The molecule has 9 nitrogen and oxygen atoms in total. The number of amides is 1. The summed E-state index contributed by atoms with van der Waals surface area (Å²) in [4.78, 5) is 33.1. The van der Waals surface area contributed by atoms with Gasteiger partial charge in [-0.2, -0.15) is 5.26 Å². The fourth-order valence-electron chi connectivity index (χ4n) is 4.42. The second-order valence-electron chi connectivity index (χ2n) is 8.72. The Hall–Kier alpha value is -3.22. The summed E-state index contributed by atoms with van der Waals surface area (Å²) in [6, 6.07) is 5.62. The Kier molecular flexibility index (Phi) is 6.77. The molecular weight excluding hydrogens is 422 g/mol. The molecule has 2 aromatic rings. The number of aryl methyl sites for hydroxylation is 1. The normalized spacial score (nSPS) is 23.5. The van der Waals surface area contributed by atoms with Crippen LogP contribution in [-0.2, 0) is 14.3 Å². The summed E-state index contributed by atoms with van der Waals surface area (Å²) in [6.07, 6.45) is 4.69. The van der Waals surface area contributed by atoms with Gasteiger partial charge in [-0.25, -0.2) is 4.98 Å². The van der Waals surface area contributed by atoms with E-state index in [9.17, 15) is 14.9 Å². The van der Waals surface area contributed by atoms with Crippen molar-refractivity contribution in [2.45, 2.75) is 51.9 Å². The fourth-order valence-corrected chi connectivity index (χ4v) is 4.42. The van der Waals surface area contributed by atoms with Crippen molar-refractivity contribution >= 4 is 23.4 Å². The predicted octanol–water partition coefficient (Wildman–Crippen LogP) is 1.82. The van der Waals surface area contributed by atoms with E-state index in [0.29, 0.717) is 37.7 Å². The number of ether oxygens (including phenoxy) is 2. The number of rotatable bonds is 5. The largest absolute Gasteiger partial charge is 0.376 e. The Labute approximate surface area is 192 Å². The molecule has 2 aliphatic rings. The Morgan fingerprint density at radius 3 is 2.79 bits per heavy atom. The summed E-state index contributed by atoms with van der Waals surface area (Å²) in [5, 5.41) is 12.5. The third-order valence-corrected chi connectivity index (χ3v) is 5.95. The summed E-state index contributed by atoms with van der Waals surface area (Å²) < 4.78 is 12.8. The fraction of sp³-hybridized carbons (Fsp3) is 0.500. The number of hydrogen-bond acceptors (Lipinski definition) is 7. The highest BCUT2D eigenvalue weighted by Crippen LogP contribution is 2.24. The molecule has 1 N–H and O–H groups in total. The van der Waals surface area contributed by atoms with Crippen LogP contribution in [0.3, 0.4) is 0 Å². The lowest BCUT2D eigenvalue weighted by Crippen LogP contribution is -2.46. The molecule has 9 heteroatoms. The van der Waals surface area contributed by atoms with Crippen LogP contribution in [0.1, 0.15) is 37.8 Å². The third-order valence-electron chi connectivity index (χ3n) is 5.95. The molecule has 0 bridgehead atoms. The van der Waals surface area contributed by atoms with Gasteiger partial charge >= 0.3 is 0 Å². The summed E-state index contributed by atoms with van der Waals surface area (Å²) in [6.45, 7) is 7.94. The van der Waals surface area contributed by atoms with Crippen LogP contribution >= 0.6 is 0 Å². The van der Waals surface area contributed by atoms with Gasteiger partial charge in [0.25, 0.3) is 11.5 Å². The van der Waals surface area contributed by atoms with Crippen LogP contribution in [0.25, 0.3) is 11.7 Å². The molecule has 4 rings (SSSR count). The number of fused-ring (bicyclic) bond motifs is 1. The van der Waals surface area contributed by atoms with Gasteiger partial charge in [-0.05, 0) is 51.3 Å². The smallest absolute Gasteiger partial charge is 0.267 e. The minimum absolute atomic E-state index is 0.0447. The van der Waals surface area contributed by atoms with Gasteiger partial charge in [0.1, 0.15) is 23.1 Å². The standard InChI is InChI=1S/C24H29N5O4/c1-15-6-4-8-29-21(15)27-22(28-13-16(2)33-17(3)14-28)20(24(29)31)10-18(11-25)23(30)26-12-19-7-5-9-32-19/h4,6,8,10,16-17,19H,5,7,9,12-14H2,1-3H3,(H,26,30)/b18-10+/t16-,17-,19+/m1/s1. The average Bonchev–Trinajstić information content (AvgIpc) is 3.30. The number of nitrogens with zero attached hydrogens (tertiary/aromatic N) is 4. The van der Waals surface area contributed by atoms with E-state index in [1.165, 1.54) is 10.5 Å². The molecule has 2 aromatic heterocycles. The Morgan fingerprint density at radius 1 is 1.36 bits per heavy atom.